The molecule has 5 nitrogen and oxygen atoms in total. The Balaban J connectivity index is 1.25. The zero-order valence-electron chi connectivity index (χ0n) is 17.2. The van der Waals surface area contributed by atoms with Gasteiger partial charge >= 0.3 is 0 Å². The van der Waals surface area contributed by atoms with Gasteiger partial charge in [0, 0.05) is 48.4 Å². The molecule has 1 aliphatic rings. The molecule has 158 valence electrons. The zero-order chi connectivity index (χ0) is 21.5. The number of hydrazone groups is 1. The Labute approximate surface area is 191 Å². The van der Waals surface area contributed by atoms with E-state index >= 15 is 0 Å². The van der Waals surface area contributed by atoms with Gasteiger partial charge in [0.2, 0.25) is 0 Å². The van der Waals surface area contributed by atoms with E-state index in [0.717, 1.165) is 42.8 Å². The lowest BCUT2D eigenvalue weighted by Gasteiger charge is -2.36. The van der Waals surface area contributed by atoms with Crippen LogP contribution in [0.25, 0.3) is 0 Å². The topological polar surface area (TPSA) is 47.9 Å². The maximum Gasteiger partial charge on any atom is 0.271 e. The SMILES string of the molecule is O=C(N/N=C/c1ccc(Br)cc1)c1ccc(CN2CCN(c3ccccc3)CC2)cc1. The third kappa shape index (κ3) is 6.03. The van der Waals surface area contributed by atoms with E-state index in [1.165, 1.54) is 11.3 Å². The number of carbonyl (C=O) groups is 1. The molecule has 1 N–H and O–H groups in total. The number of hydrogen-bond acceptors (Lipinski definition) is 4. The number of amides is 1. The highest BCUT2D eigenvalue weighted by molar-refractivity contribution is 9.10. The number of halogens is 1. The van der Waals surface area contributed by atoms with Crippen molar-refractivity contribution < 1.29 is 4.79 Å². The van der Waals surface area contributed by atoms with Crippen LogP contribution in [0.3, 0.4) is 0 Å². The summed E-state index contributed by atoms with van der Waals surface area (Å²) in [6.07, 6.45) is 1.63. The van der Waals surface area contributed by atoms with Crippen molar-refractivity contribution in [1.82, 2.24) is 10.3 Å². The summed E-state index contributed by atoms with van der Waals surface area (Å²) in [6, 6.07) is 26.1. The number of para-hydroxylation sites is 1. The minimum atomic E-state index is -0.212. The molecule has 1 amide bonds. The molecule has 0 bridgehead atoms. The first-order chi connectivity index (χ1) is 15.2. The number of carbonyl (C=O) groups excluding carboxylic acids is 1. The molecule has 3 aromatic rings. The van der Waals surface area contributed by atoms with E-state index in [-0.39, 0.29) is 5.91 Å². The van der Waals surface area contributed by atoms with Crippen molar-refractivity contribution in [3.8, 4) is 0 Å². The Hall–Kier alpha value is -2.96. The molecule has 0 saturated carbocycles. The maximum absolute atomic E-state index is 12.3. The van der Waals surface area contributed by atoms with Crippen LogP contribution in [-0.4, -0.2) is 43.2 Å². The minimum absolute atomic E-state index is 0.212. The van der Waals surface area contributed by atoms with Crippen molar-refractivity contribution in [3.63, 3.8) is 0 Å². The lowest BCUT2D eigenvalue weighted by atomic mass is 10.1. The molecular weight excluding hydrogens is 452 g/mol. The summed E-state index contributed by atoms with van der Waals surface area (Å²) in [5, 5.41) is 4.04. The van der Waals surface area contributed by atoms with E-state index in [1.807, 2.05) is 48.5 Å². The predicted molar refractivity (Wildman–Crippen MR) is 130 cm³/mol. The van der Waals surface area contributed by atoms with Gasteiger partial charge in [0.15, 0.2) is 0 Å². The molecule has 3 aromatic carbocycles. The van der Waals surface area contributed by atoms with Gasteiger partial charge in [0.05, 0.1) is 6.21 Å². The molecule has 1 saturated heterocycles. The summed E-state index contributed by atoms with van der Waals surface area (Å²) >= 11 is 3.40. The fraction of sp³-hybridized carbons (Fsp3) is 0.200. The van der Waals surface area contributed by atoms with Crippen LogP contribution >= 0.6 is 15.9 Å². The van der Waals surface area contributed by atoms with Crippen molar-refractivity contribution in [2.75, 3.05) is 31.1 Å². The first kappa shape index (κ1) is 21.3. The van der Waals surface area contributed by atoms with Crippen molar-refractivity contribution in [1.29, 1.82) is 0 Å². The molecule has 6 heteroatoms. The smallest absolute Gasteiger partial charge is 0.271 e. The highest BCUT2D eigenvalue weighted by Gasteiger charge is 2.17. The lowest BCUT2D eigenvalue weighted by Crippen LogP contribution is -2.45. The third-order valence-corrected chi connectivity index (χ3v) is 5.89. The largest absolute Gasteiger partial charge is 0.369 e. The van der Waals surface area contributed by atoms with Crippen LogP contribution in [-0.2, 0) is 6.54 Å². The van der Waals surface area contributed by atoms with Gasteiger partial charge in [-0.1, -0.05) is 58.4 Å². The molecule has 0 unspecified atom stereocenters. The second-order valence-corrected chi connectivity index (χ2v) is 8.46. The molecule has 0 aliphatic carbocycles. The molecular formula is C25H25BrN4O. The standard InChI is InChI=1S/C25H25BrN4O/c26-23-12-8-20(9-13-23)18-27-28-25(31)22-10-6-21(7-11-22)19-29-14-16-30(17-15-29)24-4-2-1-3-5-24/h1-13,18H,14-17,19H2,(H,28,31)/b27-18+. The Bertz CT molecular complexity index is 1010. The lowest BCUT2D eigenvalue weighted by molar-refractivity contribution is 0.0955. The van der Waals surface area contributed by atoms with Gasteiger partial charge in [-0.05, 0) is 47.5 Å². The molecule has 0 radical (unpaired) electrons. The fourth-order valence-electron chi connectivity index (χ4n) is 3.60. The Morgan fingerprint density at radius 1 is 0.903 bits per heavy atom. The van der Waals surface area contributed by atoms with Crippen molar-refractivity contribution in [3.05, 3.63) is 100 Å². The van der Waals surface area contributed by atoms with Gasteiger partial charge in [-0.25, -0.2) is 5.43 Å². The van der Waals surface area contributed by atoms with E-state index < -0.39 is 0 Å². The van der Waals surface area contributed by atoms with E-state index in [2.05, 4.69) is 66.6 Å². The summed E-state index contributed by atoms with van der Waals surface area (Å²) in [5.74, 6) is -0.212. The number of benzene rings is 3. The number of nitrogens with zero attached hydrogens (tertiary/aromatic N) is 3. The van der Waals surface area contributed by atoms with Crippen molar-refractivity contribution in [2.45, 2.75) is 6.54 Å². The molecule has 0 atom stereocenters. The first-order valence-electron chi connectivity index (χ1n) is 10.4. The van der Waals surface area contributed by atoms with Crippen LogP contribution in [0.2, 0.25) is 0 Å². The van der Waals surface area contributed by atoms with E-state index in [1.54, 1.807) is 6.21 Å². The Morgan fingerprint density at radius 2 is 1.58 bits per heavy atom. The van der Waals surface area contributed by atoms with E-state index in [0.29, 0.717) is 5.56 Å². The quantitative estimate of drug-likeness (QED) is 0.419. The molecule has 31 heavy (non-hydrogen) atoms. The van der Waals surface area contributed by atoms with Gasteiger partial charge in [-0.3, -0.25) is 9.69 Å². The van der Waals surface area contributed by atoms with Crippen LogP contribution in [0.4, 0.5) is 5.69 Å². The summed E-state index contributed by atoms with van der Waals surface area (Å²) in [5.41, 5.74) is 6.61. The molecule has 0 spiro atoms. The number of hydrogen-bond donors (Lipinski definition) is 1. The number of rotatable bonds is 6. The van der Waals surface area contributed by atoms with Crippen molar-refractivity contribution >= 4 is 33.7 Å². The van der Waals surface area contributed by atoms with Crippen LogP contribution in [0.5, 0.6) is 0 Å². The Kier molecular flexibility index (Phi) is 7.12. The number of nitrogens with one attached hydrogen (secondary N) is 1. The monoisotopic (exact) mass is 476 g/mol. The Morgan fingerprint density at radius 3 is 2.26 bits per heavy atom. The fourth-order valence-corrected chi connectivity index (χ4v) is 3.87. The van der Waals surface area contributed by atoms with E-state index in [9.17, 15) is 4.79 Å². The zero-order valence-corrected chi connectivity index (χ0v) is 18.8. The van der Waals surface area contributed by atoms with Gasteiger partial charge < -0.3 is 4.90 Å². The maximum atomic E-state index is 12.3. The number of piperazine rings is 1. The second-order valence-electron chi connectivity index (χ2n) is 7.55. The third-order valence-electron chi connectivity index (χ3n) is 5.37. The minimum Gasteiger partial charge on any atom is -0.369 e. The van der Waals surface area contributed by atoms with Crippen molar-refractivity contribution in [2.24, 2.45) is 5.10 Å². The van der Waals surface area contributed by atoms with Crippen LogP contribution < -0.4 is 10.3 Å². The van der Waals surface area contributed by atoms with Crippen LogP contribution in [0, 0.1) is 0 Å². The number of anilines is 1. The molecule has 0 aromatic heterocycles. The van der Waals surface area contributed by atoms with Gasteiger partial charge in [0.25, 0.3) is 5.91 Å². The highest BCUT2D eigenvalue weighted by Crippen LogP contribution is 2.17. The summed E-state index contributed by atoms with van der Waals surface area (Å²) in [7, 11) is 0. The normalized spacial score (nSPS) is 14.7. The second kappa shape index (κ2) is 10.4. The molecule has 1 fully saturated rings. The van der Waals surface area contributed by atoms with Gasteiger partial charge in [-0.15, -0.1) is 0 Å². The van der Waals surface area contributed by atoms with E-state index in [4.69, 9.17) is 0 Å². The summed E-state index contributed by atoms with van der Waals surface area (Å²) < 4.78 is 1.01. The first-order valence-corrected chi connectivity index (χ1v) is 11.2. The molecule has 1 heterocycles. The van der Waals surface area contributed by atoms with Crippen LogP contribution in [0.1, 0.15) is 21.5 Å². The highest BCUT2D eigenvalue weighted by atomic mass is 79.9. The molecule has 4 rings (SSSR count). The van der Waals surface area contributed by atoms with Crippen LogP contribution in [0.15, 0.2) is 88.4 Å². The van der Waals surface area contributed by atoms with Gasteiger partial charge in [0.1, 0.15) is 0 Å². The average molecular weight is 477 g/mol. The predicted octanol–water partition coefficient (Wildman–Crippen LogP) is 4.54. The average Bonchev–Trinajstić information content (AvgIpc) is 2.82. The summed E-state index contributed by atoms with van der Waals surface area (Å²) in [6.45, 7) is 5.01. The molecule has 1 aliphatic heterocycles. The van der Waals surface area contributed by atoms with Gasteiger partial charge in [-0.2, -0.15) is 5.10 Å². The summed E-state index contributed by atoms with van der Waals surface area (Å²) in [4.78, 5) is 17.2.